The largest absolute Gasteiger partial charge is 0.493 e. The molecule has 0 aliphatic carbocycles. The Morgan fingerprint density at radius 2 is 1.48 bits per heavy atom. The van der Waals surface area contributed by atoms with Crippen LogP contribution in [0.4, 0.5) is 5.69 Å². The number of nitrogens with one attached hydrogen (secondary N) is 1. The third-order valence-electron chi connectivity index (χ3n) is 4.61. The van der Waals surface area contributed by atoms with E-state index in [1.54, 1.807) is 18.2 Å². The van der Waals surface area contributed by atoms with Crippen LogP contribution in [0.3, 0.4) is 0 Å². The number of carbonyl (C=O) groups is 2. The molecule has 1 atom stereocenters. The number of esters is 1. The van der Waals surface area contributed by atoms with Gasteiger partial charge >= 0.3 is 5.97 Å². The van der Waals surface area contributed by atoms with Gasteiger partial charge in [0.1, 0.15) is 0 Å². The van der Waals surface area contributed by atoms with Gasteiger partial charge < -0.3 is 24.3 Å². The number of ether oxygens (including phenoxy) is 4. The zero-order valence-electron chi connectivity index (χ0n) is 18.7. The highest BCUT2D eigenvalue weighted by Crippen LogP contribution is 2.38. The molecule has 0 heterocycles. The van der Waals surface area contributed by atoms with Gasteiger partial charge in [0.25, 0.3) is 5.91 Å². The number of amides is 1. The minimum atomic E-state index is -0.957. The molecule has 0 saturated carbocycles. The summed E-state index contributed by atoms with van der Waals surface area (Å²) in [6, 6.07) is 11.0. The maximum absolute atomic E-state index is 12.3. The zero-order chi connectivity index (χ0) is 23.0. The lowest BCUT2D eigenvalue weighted by Crippen LogP contribution is -2.29. The van der Waals surface area contributed by atoms with Gasteiger partial charge in [-0.2, -0.15) is 0 Å². The van der Waals surface area contributed by atoms with Crippen LogP contribution in [0.1, 0.15) is 37.8 Å². The fraction of sp³-hybridized carbons (Fsp3) is 0.333. The van der Waals surface area contributed by atoms with Gasteiger partial charge in [-0.15, -0.1) is 0 Å². The fourth-order valence-electron chi connectivity index (χ4n) is 2.82. The van der Waals surface area contributed by atoms with Gasteiger partial charge in [0.2, 0.25) is 5.75 Å². The standard InChI is InChI=1S/C24H29NO6/c1-15(2)18-8-10-19(11-9-18)25-24(27)16(3)31-22(26)12-7-17-13-20(28-4)23(30-6)21(14-17)29-5/h7-16H,1-6H3,(H,25,27)/b12-7+/t16-/m1/s1. The lowest BCUT2D eigenvalue weighted by molar-refractivity contribution is -0.148. The van der Waals surface area contributed by atoms with Crippen molar-refractivity contribution >= 4 is 23.6 Å². The molecule has 31 heavy (non-hydrogen) atoms. The van der Waals surface area contributed by atoms with E-state index in [-0.39, 0.29) is 0 Å². The first-order valence-corrected chi connectivity index (χ1v) is 9.88. The average Bonchev–Trinajstić information content (AvgIpc) is 2.76. The van der Waals surface area contributed by atoms with Crippen LogP contribution in [0, 0.1) is 0 Å². The van der Waals surface area contributed by atoms with E-state index < -0.39 is 18.0 Å². The summed E-state index contributed by atoms with van der Waals surface area (Å²) >= 11 is 0. The van der Waals surface area contributed by atoms with E-state index in [0.717, 1.165) is 0 Å². The number of benzene rings is 2. The van der Waals surface area contributed by atoms with Crippen LogP contribution in [0.25, 0.3) is 6.08 Å². The zero-order valence-corrected chi connectivity index (χ0v) is 18.7. The molecule has 166 valence electrons. The smallest absolute Gasteiger partial charge is 0.331 e. The summed E-state index contributed by atoms with van der Waals surface area (Å²) in [4.78, 5) is 24.5. The molecule has 2 rings (SSSR count). The van der Waals surface area contributed by atoms with Gasteiger partial charge in [-0.1, -0.05) is 26.0 Å². The Kier molecular flexibility index (Phi) is 8.49. The first kappa shape index (κ1) is 23.8. The fourth-order valence-corrected chi connectivity index (χ4v) is 2.82. The van der Waals surface area contributed by atoms with Gasteiger partial charge in [-0.3, -0.25) is 4.79 Å². The highest BCUT2D eigenvalue weighted by atomic mass is 16.5. The minimum Gasteiger partial charge on any atom is -0.493 e. The highest BCUT2D eigenvalue weighted by molar-refractivity contribution is 5.96. The molecular formula is C24H29NO6. The van der Waals surface area contributed by atoms with Crippen molar-refractivity contribution in [1.29, 1.82) is 0 Å². The minimum absolute atomic E-state index is 0.405. The molecule has 2 aromatic carbocycles. The molecule has 0 aliphatic heterocycles. The van der Waals surface area contributed by atoms with Crippen LogP contribution < -0.4 is 19.5 Å². The molecule has 0 spiro atoms. The molecule has 1 N–H and O–H groups in total. The number of methoxy groups -OCH3 is 3. The second kappa shape index (κ2) is 11.1. The van der Waals surface area contributed by atoms with Crippen LogP contribution in [0.15, 0.2) is 42.5 Å². The molecule has 1 amide bonds. The predicted molar refractivity (Wildman–Crippen MR) is 120 cm³/mol. The van der Waals surface area contributed by atoms with Crippen molar-refractivity contribution in [2.45, 2.75) is 32.8 Å². The Labute approximate surface area is 183 Å². The number of rotatable bonds is 9. The van der Waals surface area contributed by atoms with Gasteiger partial charge in [0, 0.05) is 11.8 Å². The first-order valence-electron chi connectivity index (χ1n) is 9.88. The molecule has 0 aliphatic rings. The average molecular weight is 427 g/mol. The van der Waals surface area contributed by atoms with Crippen LogP contribution in [0.5, 0.6) is 17.2 Å². The van der Waals surface area contributed by atoms with Gasteiger partial charge in [0.15, 0.2) is 17.6 Å². The Hall–Kier alpha value is -3.48. The Morgan fingerprint density at radius 1 is 0.903 bits per heavy atom. The normalized spacial score (nSPS) is 11.8. The first-order chi connectivity index (χ1) is 14.8. The summed E-state index contributed by atoms with van der Waals surface area (Å²) in [5.74, 6) is 0.731. The van der Waals surface area contributed by atoms with Crippen molar-refractivity contribution in [3.05, 3.63) is 53.6 Å². The van der Waals surface area contributed by atoms with Gasteiger partial charge in [0.05, 0.1) is 21.3 Å². The second-order valence-electron chi connectivity index (χ2n) is 7.14. The Bertz CT molecular complexity index is 909. The molecule has 0 unspecified atom stereocenters. The number of anilines is 1. The Balaban J connectivity index is 1.99. The lowest BCUT2D eigenvalue weighted by atomic mass is 10.0. The number of carbonyl (C=O) groups excluding carboxylic acids is 2. The van der Waals surface area contributed by atoms with E-state index in [2.05, 4.69) is 19.2 Å². The summed E-state index contributed by atoms with van der Waals surface area (Å²) in [6.45, 7) is 5.71. The molecule has 0 radical (unpaired) electrons. The lowest BCUT2D eigenvalue weighted by Gasteiger charge is -2.14. The van der Waals surface area contributed by atoms with Crippen LogP contribution in [-0.4, -0.2) is 39.3 Å². The molecular weight excluding hydrogens is 398 g/mol. The van der Waals surface area contributed by atoms with Crippen LogP contribution in [0.2, 0.25) is 0 Å². The summed E-state index contributed by atoms with van der Waals surface area (Å²) in [5, 5.41) is 2.74. The predicted octanol–water partition coefficient (Wildman–Crippen LogP) is 4.42. The third-order valence-corrected chi connectivity index (χ3v) is 4.61. The van der Waals surface area contributed by atoms with E-state index in [4.69, 9.17) is 18.9 Å². The van der Waals surface area contributed by atoms with E-state index in [0.29, 0.717) is 34.4 Å². The molecule has 2 aromatic rings. The molecule has 0 saturated heterocycles. The van der Waals surface area contributed by atoms with E-state index in [1.165, 1.54) is 39.9 Å². The van der Waals surface area contributed by atoms with Gasteiger partial charge in [-0.05, 0) is 54.3 Å². The monoisotopic (exact) mass is 427 g/mol. The Morgan fingerprint density at radius 3 is 1.97 bits per heavy atom. The number of hydrogen-bond donors (Lipinski definition) is 1. The van der Waals surface area contributed by atoms with E-state index in [9.17, 15) is 9.59 Å². The van der Waals surface area contributed by atoms with Crippen LogP contribution in [-0.2, 0) is 14.3 Å². The summed E-state index contributed by atoms with van der Waals surface area (Å²) in [7, 11) is 4.53. The summed E-state index contributed by atoms with van der Waals surface area (Å²) < 4.78 is 21.1. The SMILES string of the molecule is COc1cc(/C=C/C(=O)O[C@H](C)C(=O)Nc2ccc(C(C)C)cc2)cc(OC)c1OC. The quantitative estimate of drug-likeness (QED) is 0.471. The summed E-state index contributed by atoms with van der Waals surface area (Å²) in [6.07, 6.45) is 1.83. The molecule has 7 nitrogen and oxygen atoms in total. The maximum Gasteiger partial charge on any atom is 0.331 e. The molecule has 0 aromatic heterocycles. The van der Waals surface area contributed by atoms with Crippen molar-refractivity contribution in [2.75, 3.05) is 26.6 Å². The van der Waals surface area contributed by atoms with Gasteiger partial charge in [-0.25, -0.2) is 4.79 Å². The van der Waals surface area contributed by atoms with Crippen molar-refractivity contribution in [3.8, 4) is 17.2 Å². The highest BCUT2D eigenvalue weighted by Gasteiger charge is 2.17. The summed E-state index contributed by atoms with van der Waals surface area (Å²) in [5.41, 5.74) is 2.47. The van der Waals surface area contributed by atoms with Crippen molar-refractivity contribution in [2.24, 2.45) is 0 Å². The van der Waals surface area contributed by atoms with E-state index in [1.807, 2.05) is 24.3 Å². The topological polar surface area (TPSA) is 83.1 Å². The van der Waals surface area contributed by atoms with Crippen molar-refractivity contribution in [3.63, 3.8) is 0 Å². The molecule has 0 fully saturated rings. The van der Waals surface area contributed by atoms with Crippen molar-refractivity contribution in [1.82, 2.24) is 0 Å². The van der Waals surface area contributed by atoms with E-state index >= 15 is 0 Å². The number of hydrogen-bond acceptors (Lipinski definition) is 6. The third kappa shape index (κ3) is 6.50. The van der Waals surface area contributed by atoms with Crippen LogP contribution >= 0.6 is 0 Å². The van der Waals surface area contributed by atoms with Crippen molar-refractivity contribution < 1.29 is 28.5 Å². The molecule has 0 bridgehead atoms. The maximum atomic E-state index is 12.3. The second-order valence-corrected chi connectivity index (χ2v) is 7.14. The molecule has 7 heteroatoms.